The lowest BCUT2D eigenvalue weighted by Gasteiger charge is -2.44. The average molecular weight is 405 g/mol. The first-order valence-electron chi connectivity index (χ1n) is 8.76. The van der Waals surface area contributed by atoms with Gasteiger partial charge in [-0.05, 0) is 35.9 Å². The molecule has 0 aliphatic carbocycles. The predicted molar refractivity (Wildman–Crippen MR) is 100 cm³/mol. The highest BCUT2D eigenvalue weighted by atomic mass is 35.5. The number of hydrogen-bond donors (Lipinski definition) is 2. The van der Waals surface area contributed by atoms with E-state index >= 15 is 0 Å². The molecule has 2 aromatic rings. The summed E-state index contributed by atoms with van der Waals surface area (Å²) in [6.07, 6.45) is 0. The van der Waals surface area contributed by atoms with Crippen molar-refractivity contribution in [3.8, 4) is 0 Å². The lowest BCUT2D eigenvalue weighted by molar-refractivity contribution is -0.202. The highest BCUT2D eigenvalue weighted by Crippen LogP contribution is 2.47. The number of para-hydroxylation sites is 1. The van der Waals surface area contributed by atoms with Crippen LogP contribution in [0.1, 0.15) is 5.56 Å². The number of aliphatic hydroxyl groups is 1. The number of nitrogens with zero attached hydrogens (tertiary/aromatic N) is 1. The van der Waals surface area contributed by atoms with Gasteiger partial charge in [-0.2, -0.15) is 0 Å². The van der Waals surface area contributed by atoms with Crippen molar-refractivity contribution in [2.45, 2.75) is 12.1 Å². The number of anilines is 1. The minimum atomic E-state index is -2.27. The monoisotopic (exact) mass is 404 g/mol. The van der Waals surface area contributed by atoms with Crippen LogP contribution in [-0.4, -0.2) is 42.3 Å². The minimum Gasteiger partial charge on any atom is -0.380 e. The molecule has 0 saturated carbocycles. The van der Waals surface area contributed by atoms with Crippen LogP contribution in [0.2, 0.25) is 5.02 Å². The molecular formula is C20H18ClFN2O4. The Hall–Kier alpha value is -2.48. The number of benzene rings is 2. The molecule has 1 atom stereocenters. The summed E-state index contributed by atoms with van der Waals surface area (Å²) in [4.78, 5) is 27.4. The number of carbonyl (C=O) groups is 2. The first kappa shape index (κ1) is 18.9. The standard InChI is InChI=1S/C20H18ClFN2O4/c21-14-6-13(7-15(22)8-14)9-23-17(25)20(27)18(26)24(10-19(20)11-28-12-19)16-4-2-1-3-5-16/h1-8,27H,9-12H2,(H,23,25). The van der Waals surface area contributed by atoms with Gasteiger partial charge in [-0.3, -0.25) is 9.59 Å². The van der Waals surface area contributed by atoms with E-state index < -0.39 is 28.6 Å². The molecule has 2 amide bonds. The smallest absolute Gasteiger partial charge is 0.269 e. The summed E-state index contributed by atoms with van der Waals surface area (Å²) in [7, 11) is 0. The van der Waals surface area contributed by atoms with Crippen molar-refractivity contribution in [1.29, 1.82) is 0 Å². The zero-order chi connectivity index (χ0) is 19.9. The van der Waals surface area contributed by atoms with Crippen molar-refractivity contribution in [2.24, 2.45) is 5.41 Å². The maximum atomic E-state index is 13.5. The third-order valence-corrected chi connectivity index (χ3v) is 5.53. The van der Waals surface area contributed by atoms with Crippen LogP contribution in [0.25, 0.3) is 0 Å². The molecule has 2 aromatic carbocycles. The van der Waals surface area contributed by atoms with Crippen molar-refractivity contribution in [2.75, 3.05) is 24.7 Å². The third-order valence-electron chi connectivity index (χ3n) is 5.31. The molecule has 28 heavy (non-hydrogen) atoms. The SMILES string of the molecule is O=C(NCc1cc(F)cc(Cl)c1)C1(O)C(=O)N(c2ccccc2)CC12COC2. The summed E-state index contributed by atoms with van der Waals surface area (Å²) in [6, 6.07) is 12.7. The second kappa shape index (κ2) is 6.84. The van der Waals surface area contributed by atoms with Crippen LogP contribution in [0.5, 0.6) is 0 Å². The lowest BCUT2D eigenvalue weighted by atomic mass is 9.71. The summed E-state index contributed by atoms with van der Waals surface area (Å²) >= 11 is 5.83. The fourth-order valence-corrected chi connectivity index (χ4v) is 3.98. The minimum absolute atomic E-state index is 0.0752. The lowest BCUT2D eigenvalue weighted by Crippen LogP contribution is -2.67. The molecule has 6 nitrogen and oxygen atoms in total. The van der Waals surface area contributed by atoms with Gasteiger partial charge in [-0.15, -0.1) is 0 Å². The molecule has 1 spiro atoms. The zero-order valence-electron chi connectivity index (χ0n) is 14.8. The van der Waals surface area contributed by atoms with Gasteiger partial charge in [-0.1, -0.05) is 29.8 Å². The number of nitrogens with one attached hydrogen (secondary N) is 1. The van der Waals surface area contributed by atoms with Gasteiger partial charge >= 0.3 is 0 Å². The highest BCUT2D eigenvalue weighted by Gasteiger charge is 2.71. The van der Waals surface area contributed by atoms with Crippen molar-refractivity contribution >= 4 is 29.1 Å². The van der Waals surface area contributed by atoms with E-state index in [4.69, 9.17) is 16.3 Å². The molecule has 2 aliphatic heterocycles. The van der Waals surface area contributed by atoms with Crippen molar-refractivity contribution in [1.82, 2.24) is 5.32 Å². The van der Waals surface area contributed by atoms with Crippen molar-refractivity contribution in [3.63, 3.8) is 0 Å². The number of hydrogen-bond acceptors (Lipinski definition) is 4. The maximum Gasteiger partial charge on any atom is 0.269 e. The van der Waals surface area contributed by atoms with Crippen LogP contribution in [0.15, 0.2) is 48.5 Å². The Labute approximate surface area is 165 Å². The first-order valence-corrected chi connectivity index (χ1v) is 9.14. The summed E-state index contributed by atoms with van der Waals surface area (Å²) in [5, 5.41) is 14.0. The quantitative estimate of drug-likeness (QED) is 0.763. The summed E-state index contributed by atoms with van der Waals surface area (Å²) in [5.41, 5.74) is -2.27. The van der Waals surface area contributed by atoms with Crippen LogP contribution < -0.4 is 10.2 Å². The molecular weight excluding hydrogens is 387 g/mol. The molecule has 2 heterocycles. The van der Waals surface area contributed by atoms with Gasteiger partial charge in [0.25, 0.3) is 11.8 Å². The normalized spacial score (nSPS) is 23.0. The van der Waals surface area contributed by atoms with Crippen LogP contribution in [0.4, 0.5) is 10.1 Å². The van der Waals surface area contributed by atoms with E-state index in [0.717, 1.165) is 6.07 Å². The van der Waals surface area contributed by atoms with Gasteiger partial charge in [0.1, 0.15) is 5.82 Å². The number of amides is 2. The molecule has 2 aliphatic rings. The van der Waals surface area contributed by atoms with Crippen molar-refractivity contribution < 1.29 is 23.8 Å². The van der Waals surface area contributed by atoms with Crippen LogP contribution in [-0.2, 0) is 20.9 Å². The Kier molecular flexibility index (Phi) is 4.61. The van der Waals surface area contributed by atoms with E-state index in [2.05, 4.69) is 5.32 Å². The molecule has 0 aromatic heterocycles. The molecule has 146 valence electrons. The van der Waals surface area contributed by atoms with Gasteiger partial charge in [0.2, 0.25) is 5.60 Å². The largest absolute Gasteiger partial charge is 0.380 e. The Bertz CT molecular complexity index is 915. The third kappa shape index (κ3) is 2.87. The van der Waals surface area contributed by atoms with Crippen LogP contribution in [0.3, 0.4) is 0 Å². The summed E-state index contributed by atoms with van der Waals surface area (Å²) in [6.45, 7) is 0.287. The number of halogens is 2. The van der Waals surface area contributed by atoms with E-state index in [1.807, 2.05) is 6.07 Å². The number of carbonyl (C=O) groups excluding carboxylic acids is 2. The molecule has 2 saturated heterocycles. The fraction of sp³-hybridized carbons (Fsp3) is 0.300. The predicted octanol–water partition coefficient (Wildman–Crippen LogP) is 1.89. The Morgan fingerprint density at radius 1 is 1.25 bits per heavy atom. The van der Waals surface area contributed by atoms with Crippen LogP contribution >= 0.6 is 11.6 Å². The Morgan fingerprint density at radius 3 is 2.57 bits per heavy atom. The van der Waals surface area contributed by atoms with Gasteiger partial charge in [-0.25, -0.2) is 4.39 Å². The van der Waals surface area contributed by atoms with E-state index in [9.17, 15) is 19.1 Å². The van der Waals surface area contributed by atoms with Gasteiger partial charge in [0, 0.05) is 23.8 Å². The first-order chi connectivity index (χ1) is 13.4. The highest BCUT2D eigenvalue weighted by molar-refractivity contribution is 6.30. The second-order valence-electron chi connectivity index (χ2n) is 7.17. The van der Waals surface area contributed by atoms with Crippen LogP contribution in [0, 0.1) is 11.2 Å². The van der Waals surface area contributed by atoms with Gasteiger partial charge in [0.05, 0.1) is 18.6 Å². The van der Waals surface area contributed by atoms with Gasteiger partial charge in [0.15, 0.2) is 0 Å². The molecule has 4 rings (SSSR count). The molecule has 2 N–H and O–H groups in total. The molecule has 1 unspecified atom stereocenters. The number of rotatable bonds is 4. The molecule has 8 heteroatoms. The second-order valence-corrected chi connectivity index (χ2v) is 7.61. The Balaban J connectivity index is 1.59. The summed E-state index contributed by atoms with van der Waals surface area (Å²) < 4.78 is 18.7. The summed E-state index contributed by atoms with van der Waals surface area (Å²) in [5.74, 6) is -2.07. The molecule has 2 fully saturated rings. The van der Waals surface area contributed by atoms with E-state index in [-0.39, 0.29) is 31.3 Å². The zero-order valence-corrected chi connectivity index (χ0v) is 15.6. The van der Waals surface area contributed by atoms with Gasteiger partial charge < -0.3 is 20.1 Å². The molecule has 0 bridgehead atoms. The molecule has 0 radical (unpaired) electrons. The van der Waals surface area contributed by atoms with E-state index in [1.54, 1.807) is 24.3 Å². The number of ether oxygens (including phenoxy) is 1. The average Bonchev–Trinajstić information content (AvgIpc) is 2.89. The van der Waals surface area contributed by atoms with E-state index in [0.29, 0.717) is 11.3 Å². The topological polar surface area (TPSA) is 78.9 Å². The maximum absolute atomic E-state index is 13.5. The van der Waals surface area contributed by atoms with Crippen molar-refractivity contribution in [3.05, 3.63) is 64.9 Å². The fourth-order valence-electron chi connectivity index (χ4n) is 3.74. The Morgan fingerprint density at radius 2 is 1.96 bits per heavy atom. The van der Waals surface area contributed by atoms with E-state index in [1.165, 1.54) is 17.0 Å².